The van der Waals surface area contributed by atoms with E-state index in [0.29, 0.717) is 26.9 Å². The number of aryl methyl sites for hydroxylation is 1. The van der Waals surface area contributed by atoms with Crippen LogP contribution in [-0.4, -0.2) is 32.3 Å². The van der Waals surface area contributed by atoms with Crippen molar-refractivity contribution < 1.29 is 9.72 Å². The Hall–Kier alpha value is -3.79. The number of hydrogen-bond donors (Lipinski definition) is 1. The highest BCUT2D eigenvalue weighted by atomic mass is 32.2. The molecule has 3 aromatic rings. The topological polar surface area (TPSA) is 115 Å². The summed E-state index contributed by atoms with van der Waals surface area (Å²) in [7, 11) is 1.82. The van der Waals surface area contributed by atoms with E-state index in [4.69, 9.17) is 0 Å². The number of nitrogens with one attached hydrogen (secondary N) is 1. The lowest BCUT2D eigenvalue weighted by Crippen LogP contribution is -2.13. The number of carbonyl (C=O) groups excluding carboxylic acids is 1. The summed E-state index contributed by atoms with van der Waals surface area (Å²) in [5, 5.41) is 22.8. The van der Waals surface area contributed by atoms with Crippen LogP contribution in [0.4, 0.5) is 11.4 Å². The predicted octanol–water partition coefficient (Wildman–Crippen LogP) is 3.25. The van der Waals surface area contributed by atoms with E-state index in [-0.39, 0.29) is 17.3 Å². The molecule has 1 N–H and O–H groups in total. The molecule has 29 heavy (non-hydrogen) atoms. The van der Waals surface area contributed by atoms with Gasteiger partial charge in [-0.15, -0.1) is 5.10 Å². The summed E-state index contributed by atoms with van der Waals surface area (Å²) in [6.07, 6.45) is 4.78. The average Bonchev–Trinajstić information content (AvgIpc) is 3.25. The lowest BCUT2D eigenvalue weighted by molar-refractivity contribution is -0.387. The van der Waals surface area contributed by atoms with Crippen molar-refractivity contribution in [3.63, 3.8) is 0 Å². The number of nitro benzene ring substituents is 1. The Kier molecular flexibility index (Phi) is 4.92. The molecular weight excluding hydrogens is 392 g/mol. The van der Waals surface area contributed by atoms with Gasteiger partial charge in [-0.25, -0.2) is 4.98 Å². The maximum absolute atomic E-state index is 12.0. The molecule has 10 heteroatoms. The highest BCUT2D eigenvalue weighted by Gasteiger charge is 2.25. The minimum atomic E-state index is -0.449. The zero-order valence-electron chi connectivity index (χ0n) is 15.1. The molecule has 1 aromatic heterocycles. The highest BCUT2D eigenvalue weighted by Crippen LogP contribution is 2.34. The van der Waals surface area contributed by atoms with Crippen LogP contribution in [0.25, 0.3) is 0 Å². The SMILES string of the molecule is Cn1ccnc1Sc1ccc(/C=N\N=C2/C(=O)Nc3ccccc32)cc1[N+](=O)[O-]. The second kappa shape index (κ2) is 7.68. The van der Waals surface area contributed by atoms with E-state index >= 15 is 0 Å². The molecule has 2 aromatic carbocycles. The van der Waals surface area contributed by atoms with Crippen molar-refractivity contribution in [2.75, 3.05) is 5.32 Å². The standard InChI is InChI=1S/C19H14N6O3S/c1-24-9-8-20-19(24)29-16-7-6-12(10-15(16)25(27)28)11-21-23-17-13-4-2-3-5-14(13)22-18(17)26/h2-11H,1H3,(H,22,23,26)/b21-11-. The van der Waals surface area contributed by atoms with Gasteiger partial charge in [-0.3, -0.25) is 14.9 Å². The van der Waals surface area contributed by atoms with E-state index in [2.05, 4.69) is 20.5 Å². The normalized spacial score (nSPS) is 14.4. The van der Waals surface area contributed by atoms with Crippen molar-refractivity contribution in [1.29, 1.82) is 0 Å². The van der Waals surface area contributed by atoms with Crippen LogP contribution >= 0.6 is 11.8 Å². The number of rotatable bonds is 5. The van der Waals surface area contributed by atoms with Gasteiger partial charge in [0.15, 0.2) is 10.9 Å². The van der Waals surface area contributed by atoms with E-state index in [1.165, 1.54) is 24.0 Å². The Balaban J connectivity index is 1.59. The third-order valence-corrected chi connectivity index (χ3v) is 5.31. The molecule has 9 nitrogen and oxygen atoms in total. The minimum Gasteiger partial charge on any atom is -0.329 e. The molecule has 0 bridgehead atoms. The summed E-state index contributed by atoms with van der Waals surface area (Å²) in [6, 6.07) is 11.9. The number of imidazole rings is 1. The Morgan fingerprint density at radius 1 is 1.28 bits per heavy atom. The van der Waals surface area contributed by atoms with E-state index in [1.807, 2.05) is 13.1 Å². The van der Waals surface area contributed by atoms with Gasteiger partial charge < -0.3 is 9.88 Å². The Labute approximate surface area is 169 Å². The van der Waals surface area contributed by atoms with E-state index in [1.54, 1.807) is 47.3 Å². The molecule has 4 rings (SSSR count). The number of amides is 1. The average molecular weight is 406 g/mol. The third kappa shape index (κ3) is 3.78. The molecule has 0 spiro atoms. The van der Waals surface area contributed by atoms with Gasteiger partial charge in [0.2, 0.25) is 0 Å². The molecule has 0 saturated heterocycles. The molecule has 1 amide bonds. The van der Waals surface area contributed by atoms with Crippen molar-refractivity contribution in [3.8, 4) is 0 Å². The number of carbonyl (C=O) groups is 1. The second-order valence-electron chi connectivity index (χ2n) is 6.10. The summed E-state index contributed by atoms with van der Waals surface area (Å²) >= 11 is 1.21. The Morgan fingerprint density at radius 3 is 2.86 bits per heavy atom. The quantitative estimate of drug-likeness (QED) is 0.397. The first kappa shape index (κ1) is 18.6. The first-order chi connectivity index (χ1) is 14.0. The largest absolute Gasteiger partial charge is 0.329 e. The lowest BCUT2D eigenvalue weighted by atomic mass is 10.1. The molecule has 1 aliphatic heterocycles. The summed E-state index contributed by atoms with van der Waals surface area (Å²) < 4.78 is 1.78. The molecule has 144 valence electrons. The zero-order valence-corrected chi connectivity index (χ0v) is 16.0. The summed E-state index contributed by atoms with van der Waals surface area (Å²) in [4.78, 5) is 27.7. The second-order valence-corrected chi connectivity index (χ2v) is 7.11. The van der Waals surface area contributed by atoms with Gasteiger partial charge in [0.1, 0.15) is 0 Å². The van der Waals surface area contributed by atoms with Crippen LogP contribution in [0.1, 0.15) is 11.1 Å². The minimum absolute atomic E-state index is 0.0569. The van der Waals surface area contributed by atoms with E-state index in [0.717, 1.165) is 0 Å². The highest BCUT2D eigenvalue weighted by molar-refractivity contribution is 7.99. The third-order valence-electron chi connectivity index (χ3n) is 4.17. The number of benzene rings is 2. The maximum atomic E-state index is 12.0. The van der Waals surface area contributed by atoms with E-state index < -0.39 is 4.92 Å². The van der Waals surface area contributed by atoms with Crippen molar-refractivity contribution in [2.45, 2.75) is 10.1 Å². The first-order valence-electron chi connectivity index (χ1n) is 8.48. The molecule has 0 radical (unpaired) electrons. The van der Waals surface area contributed by atoms with Crippen LogP contribution in [0, 0.1) is 10.1 Å². The van der Waals surface area contributed by atoms with Gasteiger partial charge in [0.05, 0.1) is 21.7 Å². The zero-order chi connectivity index (χ0) is 20.4. The monoisotopic (exact) mass is 406 g/mol. The lowest BCUT2D eigenvalue weighted by Gasteiger charge is -2.03. The van der Waals surface area contributed by atoms with Gasteiger partial charge in [-0.1, -0.05) is 24.3 Å². The number of hydrogen-bond acceptors (Lipinski definition) is 7. The molecular formula is C19H14N6O3S. The number of anilines is 1. The van der Waals surface area contributed by atoms with Gasteiger partial charge in [-0.2, -0.15) is 5.10 Å². The van der Waals surface area contributed by atoms with Gasteiger partial charge >= 0.3 is 0 Å². The number of aromatic nitrogens is 2. The molecule has 0 unspecified atom stereocenters. The van der Waals surface area contributed by atoms with Crippen LogP contribution in [0.3, 0.4) is 0 Å². The van der Waals surface area contributed by atoms with Crippen molar-refractivity contribution in [3.05, 3.63) is 76.1 Å². The Bertz CT molecular complexity index is 1180. The molecule has 0 atom stereocenters. The van der Waals surface area contributed by atoms with Crippen LogP contribution < -0.4 is 5.32 Å². The fourth-order valence-electron chi connectivity index (χ4n) is 2.75. The smallest absolute Gasteiger partial charge is 0.283 e. The molecule has 0 aliphatic carbocycles. The number of para-hydroxylation sites is 1. The Morgan fingerprint density at radius 2 is 2.10 bits per heavy atom. The maximum Gasteiger partial charge on any atom is 0.283 e. The number of nitro groups is 1. The van der Waals surface area contributed by atoms with Gasteiger partial charge in [-0.05, 0) is 23.9 Å². The summed E-state index contributed by atoms with van der Waals surface area (Å²) in [6.45, 7) is 0. The van der Waals surface area contributed by atoms with Crippen molar-refractivity contribution >= 4 is 41.0 Å². The molecule has 0 saturated carbocycles. The van der Waals surface area contributed by atoms with Crippen molar-refractivity contribution in [2.24, 2.45) is 17.3 Å². The van der Waals surface area contributed by atoms with Gasteiger partial charge in [0, 0.05) is 36.6 Å². The number of fused-ring (bicyclic) bond motifs is 1. The van der Waals surface area contributed by atoms with Crippen LogP contribution in [0.5, 0.6) is 0 Å². The predicted molar refractivity (Wildman–Crippen MR) is 110 cm³/mol. The first-order valence-corrected chi connectivity index (χ1v) is 9.30. The fraction of sp³-hybridized carbons (Fsp3) is 0.0526. The summed E-state index contributed by atoms with van der Waals surface area (Å²) in [5.74, 6) is -0.337. The van der Waals surface area contributed by atoms with E-state index in [9.17, 15) is 14.9 Å². The van der Waals surface area contributed by atoms with Crippen LogP contribution in [0.15, 0.2) is 75.1 Å². The summed E-state index contributed by atoms with van der Waals surface area (Å²) in [5.41, 5.74) is 1.99. The molecule has 1 aliphatic rings. The van der Waals surface area contributed by atoms with Crippen LogP contribution in [0.2, 0.25) is 0 Å². The number of nitrogens with zero attached hydrogens (tertiary/aromatic N) is 5. The van der Waals surface area contributed by atoms with Crippen LogP contribution in [-0.2, 0) is 11.8 Å². The van der Waals surface area contributed by atoms with Gasteiger partial charge in [0.25, 0.3) is 11.6 Å². The molecule has 0 fully saturated rings. The van der Waals surface area contributed by atoms with Crippen molar-refractivity contribution in [1.82, 2.24) is 9.55 Å². The fourth-order valence-corrected chi connectivity index (χ4v) is 3.64. The molecule has 2 heterocycles.